The molecule has 1 nitrogen and oxygen atoms in total. The Balaban J connectivity index is 2.01. The number of thioether (sulfide) groups is 1. The van der Waals surface area contributed by atoms with Crippen LogP contribution in [0.5, 0.6) is 0 Å². The van der Waals surface area contributed by atoms with Gasteiger partial charge in [-0.2, -0.15) is 0 Å². The van der Waals surface area contributed by atoms with Crippen LogP contribution in [0.1, 0.15) is 11.1 Å². The maximum Gasteiger partial charge on any atom is 0.137 e. The minimum Gasteiger partial charge on any atom is -0.330 e. The number of halogens is 1. The van der Waals surface area contributed by atoms with Crippen molar-refractivity contribution < 1.29 is 4.39 Å². The van der Waals surface area contributed by atoms with E-state index in [-0.39, 0.29) is 5.82 Å². The molecule has 2 rings (SSSR count). The van der Waals surface area contributed by atoms with Gasteiger partial charge in [0.25, 0.3) is 0 Å². The van der Waals surface area contributed by atoms with E-state index in [1.807, 2.05) is 42.5 Å². The van der Waals surface area contributed by atoms with Crippen LogP contribution in [-0.4, -0.2) is 6.54 Å². The number of hydrogen-bond donors (Lipinski definition) is 1. The third kappa shape index (κ3) is 3.59. The third-order valence-corrected chi connectivity index (χ3v) is 3.79. The van der Waals surface area contributed by atoms with Crippen molar-refractivity contribution in [1.82, 2.24) is 0 Å². The Hall–Kier alpha value is -1.32. The summed E-state index contributed by atoms with van der Waals surface area (Å²) < 4.78 is 13.8. The summed E-state index contributed by atoms with van der Waals surface area (Å²) >= 11 is 1.52. The largest absolute Gasteiger partial charge is 0.330 e. The lowest BCUT2D eigenvalue weighted by atomic mass is 10.1. The van der Waals surface area contributed by atoms with E-state index in [2.05, 4.69) is 0 Å². The fourth-order valence-corrected chi connectivity index (χ4v) is 2.59. The molecule has 0 fully saturated rings. The minimum atomic E-state index is -0.151. The molecule has 18 heavy (non-hydrogen) atoms. The standard InChI is InChI=1S/C15H16FNS/c16-14-10-12(8-9-17)6-7-15(14)18-11-13-4-2-1-3-5-13/h1-7,10H,8-9,11,17H2. The first-order chi connectivity index (χ1) is 8.79. The van der Waals surface area contributed by atoms with E-state index in [4.69, 9.17) is 5.73 Å². The van der Waals surface area contributed by atoms with Crippen LogP contribution >= 0.6 is 11.8 Å². The van der Waals surface area contributed by atoms with Crippen molar-refractivity contribution >= 4 is 11.8 Å². The smallest absolute Gasteiger partial charge is 0.137 e. The zero-order valence-corrected chi connectivity index (χ0v) is 10.9. The second-order valence-electron chi connectivity index (χ2n) is 4.08. The molecular formula is C15H16FNS. The fraction of sp³-hybridized carbons (Fsp3) is 0.200. The second-order valence-corrected chi connectivity index (χ2v) is 5.09. The zero-order chi connectivity index (χ0) is 12.8. The first-order valence-electron chi connectivity index (χ1n) is 5.95. The number of nitrogens with two attached hydrogens (primary N) is 1. The molecule has 0 unspecified atom stereocenters. The molecule has 0 radical (unpaired) electrons. The molecule has 0 spiro atoms. The Labute approximate surface area is 111 Å². The lowest BCUT2D eigenvalue weighted by molar-refractivity contribution is 0.599. The van der Waals surface area contributed by atoms with Crippen LogP contribution in [0.2, 0.25) is 0 Å². The lowest BCUT2D eigenvalue weighted by Crippen LogP contribution is -2.02. The van der Waals surface area contributed by atoms with Gasteiger partial charge in [-0.1, -0.05) is 36.4 Å². The van der Waals surface area contributed by atoms with Gasteiger partial charge in [0.15, 0.2) is 0 Å². The van der Waals surface area contributed by atoms with Gasteiger partial charge in [-0.3, -0.25) is 0 Å². The van der Waals surface area contributed by atoms with E-state index in [1.54, 1.807) is 6.07 Å². The van der Waals surface area contributed by atoms with Gasteiger partial charge < -0.3 is 5.73 Å². The summed E-state index contributed by atoms with van der Waals surface area (Å²) in [5.74, 6) is 0.635. The van der Waals surface area contributed by atoms with Crippen LogP contribution in [-0.2, 0) is 12.2 Å². The quantitative estimate of drug-likeness (QED) is 0.832. The number of rotatable bonds is 5. The number of hydrogen-bond acceptors (Lipinski definition) is 2. The predicted octanol–water partition coefficient (Wildman–Crippen LogP) is 3.62. The Kier molecular flexibility index (Phi) is 4.79. The highest BCUT2D eigenvalue weighted by Gasteiger charge is 2.04. The van der Waals surface area contributed by atoms with Crippen molar-refractivity contribution in [2.45, 2.75) is 17.1 Å². The van der Waals surface area contributed by atoms with Gasteiger partial charge in [0.05, 0.1) is 0 Å². The van der Waals surface area contributed by atoms with E-state index in [0.717, 1.165) is 17.7 Å². The molecule has 0 aliphatic heterocycles. The SMILES string of the molecule is NCCc1ccc(SCc2ccccc2)c(F)c1. The molecule has 0 aliphatic carbocycles. The first-order valence-corrected chi connectivity index (χ1v) is 6.93. The average Bonchev–Trinajstić information content (AvgIpc) is 2.39. The molecule has 94 valence electrons. The van der Waals surface area contributed by atoms with Gasteiger partial charge in [0, 0.05) is 10.6 Å². The van der Waals surface area contributed by atoms with Crippen molar-refractivity contribution in [2.75, 3.05) is 6.54 Å². The van der Waals surface area contributed by atoms with Crippen molar-refractivity contribution in [3.8, 4) is 0 Å². The van der Waals surface area contributed by atoms with Crippen LogP contribution in [0.3, 0.4) is 0 Å². The molecule has 0 aromatic heterocycles. The predicted molar refractivity (Wildman–Crippen MR) is 75.2 cm³/mol. The van der Waals surface area contributed by atoms with Gasteiger partial charge >= 0.3 is 0 Å². The third-order valence-electron chi connectivity index (χ3n) is 2.67. The highest BCUT2D eigenvalue weighted by atomic mass is 32.2. The summed E-state index contributed by atoms with van der Waals surface area (Å²) in [6.45, 7) is 0.552. The van der Waals surface area contributed by atoms with Gasteiger partial charge in [0.1, 0.15) is 5.82 Å². The normalized spacial score (nSPS) is 10.6. The van der Waals surface area contributed by atoms with Gasteiger partial charge in [-0.15, -0.1) is 11.8 Å². The molecular weight excluding hydrogens is 245 g/mol. The Morgan fingerprint density at radius 3 is 2.44 bits per heavy atom. The van der Waals surface area contributed by atoms with Crippen molar-refractivity contribution in [1.29, 1.82) is 0 Å². The summed E-state index contributed by atoms with van der Waals surface area (Å²) in [4.78, 5) is 0.694. The van der Waals surface area contributed by atoms with Crippen LogP contribution in [0, 0.1) is 5.82 Å². The minimum absolute atomic E-state index is 0.151. The fourth-order valence-electron chi connectivity index (χ4n) is 1.72. The molecule has 2 aromatic carbocycles. The number of benzene rings is 2. The molecule has 0 saturated heterocycles. The van der Waals surface area contributed by atoms with Crippen molar-refractivity contribution in [2.24, 2.45) is 5.73 Å². The maximum atomic E-state index is 13.8. The van der Waals surface area contributed by atoms with Crippen molar-refractivity contribution in [3.63, 3.8) is 0 Å². The summed E-state index contributed by atoms with van der Waals surface area (Å²) in [6.07, 6.45) is 0.723. The molecule has 0 aliphatic rings. The average molecular weight is 261 g/mol. The maximum absolute atomic E-state index is 13.8. The molecule has 0 amide bonds. The van der Waals surface area contributed by atoms with E-state index < -0.39 is 0 Å². The molecule has 0 heterocycles. The van der Waals surface area contributed by atoms with Crippen LogP contribution in [0.4, 0.5) is 4.39 Å². The van der Waals surface area contributed by atoms with Crippen LogP contribution in [0.25, 0.3) is 0 Å². The highest BCUT2D eigenvalue weighted by Crippen LogP contribution is 2.26. The molecule has 0 bridgehead atoms. The Bertz CT molecular complexity index is 499. The van der Waals surface area contributed by atoms with Crippen molar-refractivity contribution in [3.05, 3.63) is 65.5 Å². The van der Waals surface area contributed by atoms with E-state index in [9.17, 15) is 4.39 Å². The molecule has 0 atom stereocenters. The summed E-state index contributed by atoms with van der Waals surface area (Å²) in [5, 5.41) is 0. The Morgan fingerprint density at radius 1 is 1.00 bits per heavy atom. The highest BCUT2D eigenvalue weighted by molar-refractivity contribution is 7.98. The van der Waals surface area contributed by atoms with Gasteiger partial charge in [-0.05, 0) is 36.2 Å². The Morgan fingerprint density at radius 2 is 1.78 bits per heavy atom. The second kappa shape index (κ2) is 6.57. The summed E-state index contributed by atoms with van der Waals surface area (Å²) in [5.41, 5.74) is 7.61. The van der Waals surface area contributed by atoms with E-state index in [1.165, 1.54) is 17.3 Å². The molecule has 2 aromatic rings. The van der Waals surface area contributed by atoms with E-state index in [0.29, 0.717) is 11.4 Å². The monoisotopic (exact) mass is 261 g/mol. The van der Waals surface area contributed by atoms with E-state index >= 15 is 0 Å². The summed E-state index contributed by atoms with van der Waals surface area (Å²) in [7, 11) is 0. The summed E-state index contributed by atoms with van der Waals surface area (Å²) in [6, 6.07) is 15.4. The molecule has 0 saturated carbocycles. The molecule has 3 heteroatoms. The topological polar surface area (TPSA) is 26.0 Å². The molecule has 2 N–H and O–H groups in total. The van der Waals surface area contributed by atoms with Crippen LogP contribution < -0.4 is 5.73 Å². The van der Waals surface area contributed by atoms with Gasteiger partial charge in [-0.25, -0.2) is 4.39 Å². The lowest BCUT2D eigenvalue weighted by Gasteiger charge is -2.05. The van der Waals surface area contributed by atoms with Crippen LogP contribution in [0.15, 0.2) is 53.4 Å². The first kappa shape index (κ1) is 13.1. The zero-order valence-electron chi connectivity index (χ0n) is 10.1. The van der Waals surface area contributed by atoms with Gasteiger partial charge in [0.2, 0.25) is 0 Å².